The molecule has 16 nitrogen and oxygen atoms in total. The monoisotopic (exact) mass is 1120 g/mol. The predicted octanol–water partition coefficient (Wildman–Crippen LogP) is 10.9. The van der Waals surface area contributed by atoms with Gasteiger partial charge in [-0.15, -0.1) is 0 Å². The highest BCUT2D eigenvalue weighted by atomic mass is 16.2. The molecule has 0 spiro atoms. The van der Waals surface area contributed by atoms with E-state index in [1.165, 1.54) is 31.3 Å². The maximum atomic E-state index is 14.3. The van der Waals surface area contributed by atoms with Crippen LogP contribution in [0.4, 0.5) is 0 Å². The number of hydrogen-bond donors (Lipinski definition) is 2. The molecule has 86 heavy (non-hydrogen) atoms. The summed E-state index contributed by atoms with van der Waals surface area (Å²) in [6.07, 6.45) is 8.13. The van der Waals surface area contributed by atoms with Crippen LogP contribution >= 0.6 is 0 Å². The number of hydrogen-bond acceptors (Lipinski definition) is 10. The number of carbonyl (C=O) groups is 4. The van der Waals surface area contributed by atoms with Crippen molar-refractivity contribution in [3.63, 3.8) is 0 Å². The summed E-state index contributed by atoms with van der Waals surface area (Å²) in [5.41, 5.74) is 10.6. The van der Waals surface area contributed by atoms with E-state index in [2.05, 4.69) is 70.7 Å². The van der Waals surface area contributed by atoms with E-state index in [1.807, 2.05) is 103 Å². The van der Waals surface area contributed by atoms with E-state index in [0.717, 1.165) is 105 Å². The molecule has 12 aromatic rings. The van der Waals surface area contributed by atoms with Crippen LogP contribution in [-0.2, 0) is 6.54 Å². The van der Waals surface area contributed by atoms with Crippen LogP contribution in [0.3, 0.4) is 0 Å². The molecule has 0 atom stereocenters. The normalized spacial score (nSPS) is 13.6. The van der Waals surface area contributed by atoms with Gasteiger partial charge in [0.15, 0.2) is 0 Å². The van der Waals surface area contributed by atoms with Gasteiger partial charge in [-0.3, -0.25) is 47.8 Å². The molecule has 16 rings (SSSR count). The summed E-state index contributed by atoms with van der Waals surface area (Å²) in [4.78, 5) is 131. The molecule has 0 fully saturated rings. The fourth-order valence-corrected chi connectivity index (χ4v) is 12.7. The molecule has 7 aromatic carbocycles. The molecule has 0 saturated heterocycles. The van der Waals surface area contributed by atoms with Gasteiger partial charge in [0.1, 0.15) is 0 Å². The minimum Gasteiger partial charge on any atom is -0.354 e. The second kappa shape index (κ2) is 18.5. The number of rotatable bonds is 7. The van der Waals surface area contributed by atoms with Gasteiger partial charge in [0.2, 0.25) is 0 Å². The number of imide groups is 2. The first-order valence-corrected chi connectivity index (χ1v) is 27.6. The fourth-order valence-electron chi connectivity index (χ4n) is 12.7. The zero-order valence-corrected chi connectivity index (χ0v) is 45.2. The average Bonchev–Trinajstić information content (AvgIpc) is 1.07. The van der Waals surface area contributed by atoms with Crippen molar-refractivity contribution in [2.24, 2.45) is 0 Å². The zero-order chi connectivity index (χ0) is 58.4. The van der Waals surface area contributed by atoms with E-state index >= 15 is 0 Å². The summed E-state index contributed by atoms with van der Waals surface area (Å²) < 4.78 is 1.45. The zero-order valence-electron chi connectivity index (χ0n) is 45.2. The summed E-state index contributed by atoms with van der Waals surface area (Å²) in [6.45, 7) is -0.161. The van der Waals surface area contributed by atoms with Crippen LogP contribution in [-0.4, -0.2) is 64.8 Å². The van der Waals surface area contributed by atoms with Crippen LogP contribution < -0.4 is 27.2 Å². The van der Waals surface area contributed by atoms with Crippen LogP contribution in [0.25, 0.3) is 123 Å². The smallest absolute Gasteiger partial charge is 0.281 e. The highest BCUT2D eigenvalue weighted by Gasteiger charge is 2.41. The number of nitrogens with zero attached hydrogens (tertiary/aromatic N) is 6. The molecule has 2 N–H and O–H groups in total. The summed E-state index contributed by atoms with van der Waals surface area (Å²) >= 11 is 0. The van der Waals surface area contributed by atoms with Gasteiger partial charge in [-0.2, -0.15) is 9.69 Å². The van der Waals surface area contributed by atoms with Crippen LogP contribution in [0.2, 0.25) is 0 Å². The number of fused-ring (bicyclic) bond motifs is 10. The highest BCUT2D eigenvalue weighted by Crippen LogP contribution is 2.40. The molecule has 5 aromatic heterocycles. The first-order valence-electron chi connectivity index (χ1n) is 27.6. The molecule has 9 heterocycles. The second-order valence-electron chi connectivity index (χ2n) is 21.5. The minimum absolute atomic E-state index is 0.0525. The van der Waals surface area contributed by atoms with Crippen molar-refractivity contribution < 1.29 is 19.2 Å². The van der Waals surface area contributed by atoms with E-state index in [9.17, 15) is 38.4 Å². The summed E-state index contributed by atoms with van der Waals surface area (Å²) in [6, 6.07) is 53.8. The van der Waals surface area contributed by atoms with E-state index in [1.54, 1.807) is 0 Å². The molecule has 0 saturated carbocycles. The standard InChI is InChI=1S/C70H40N8O8/c1-75-63(79)41-21-23-43-62-44(24-22-42(61(41)62)64(75)80)68(84)77(67(43)83)78-69(85)47-33-45-46(34-48(47)70(78)86)66(82)76(65(45)81)35-36-17-19-40(20-18-36)60-55-31-29-53(73-55)58(38-13-7-3-8-14-38)51-27-25-49(71-51)57(37-11-5-2-6-12-37)50-26-28-52(72-50)59(39-15-9-4-10-16-39)54-30-32-56(60)74-54/h2-34,71,74H,35H2,1H3. The lowest BCUT2D eigenvalue weighted by atomic mass is 9.86. The lowest BCUT2D eigenvalue weighted by Gasteiger charge is -2.30. The van der Waals surface area contributed by atoms with Gasteiger partial charge in [0.25, 0.3) is 45.9 Å². The van der Waals surface area contributed by atoms with Gasteiger partial charge in [0.05, 0.1) is 62.0 Å². The van der Waals surface area contributed by atoms with Crippen molar-refractivity contribution >= 4 is 102 Å². The predicted molar refractivity (Wildman–Crippen MR) is 332 cm³/mol. The Morgan fingerprint density at radius 3 is 1.05 bits per heavy atom. The molecule has 0 radical (unpaired) electrons. The summed E-state index contributed by atoms with van der Waals surface area (Å²) in [7, 11) is 1.33. The van der Waals surface area contributed by atoms with Gasteiger partial charge in [-0.25, -0.2) is 9.97 Å². The first-order chi connectivity index (χ1) is 41.9. The second-order valence-corrected chi connectivity index (χ2v) is 21.5. The number of carbonyl (C=O) groups excluding carboxylic acids is 4. The number of nitrogens with one attached hydrogen (secondary N) is 2. The average molecular weight is 1120 g/mol. The Bertz CT molecular complexity index is 5380. The number of aromatic nitrogens is 6. The van der Waals surface area contributed by atoms with Gasteiger partial charge < -0.3 is 9.97 Å². The van der Waals surface area contributed by atoms with Crippen LogP contribution in [0.1, 0.15) is 69.8 Å². The Morgan fingerprint density at radius 1 is 0.360 bits per heavy atom. The summed E-state index contributed by atoms with van der Waals surface area (Å²) in [5.74, 6) is -3.34. The number of aromatic amines is 2. The quantitative estimate of drug-likeness (QED) is 0.144. The van der Waals surface area contributed by atoms with E-state index < -0.39 is 45.9 Å². The van der Waals surface area contributed by atoms with Crippen molar-refractivity contribution in [2.45, 2.75) is 6.54 Å². The van der Waals surface area contributed by atoms with Gasteiger partial charge >= 0.3 is 0 Å². The summed E-state index contributed by atoms with van der Waals surface area (Å²) in [5, 5.41) is -0.236. The highest BCUT2D eigenvalue weighted by molar-refractivity contribution is 6.37. The molecule has 4 aliphatic heterocycles. The third-order valence-electron chi connectivity index (χ3n) is 16.8. The van der Waals surface area contributed by atoms with Crippen molar-refractivity contribution in [1.29, 1.82) is 0 Å². The third-order valence-corrected chi connectivity index (χ3v) is 16.8. The SMILES string of the molecule is CN1C(=O)c2ccc3c4c(ccc(c24)C1=O)C(=O)N(n1c(=O)c2cc4c(=O)n(Cc5ccc(-c6c7nc(c(-c8ccccc8)c8ccc([nH]8)c(-c8ccccc8)c8nc(c(-c9ccccc9)c9ccc6[nH]9)C=C8)C=C7)cc5)c(=O)c4cc2c1=O)C3=O. The lowest BCUT2D eigenvalue weighted by Crippen LogP contribution is -2.55. The minimum atomic E-state index is -1.07. The van der Waals surface area contributed by atoms with E-state index in [-0.39, 0.29) is 61.1 Å². The fraction of sp³-hybridized carbons (Fsp3) is 0.0286. The Morgan fingerprint density at radius 2 is 0.686 bits per heavy atom. The first kappa shape index (κ1) is 49.7. The topological polar surface area (TPSA) is 210 Å². The molecular formula is C70H40N8O8. The van der Waals surface area contributed by atoms with E-state index in [4.69, 9.17) is 9.97 Å². The van der Waals surface area contributed by atoms with Crippen molar-refractivity contribution in [2.75, 3.05) is 12.1 Å². The van der Waals surface area contributed by atoms with Crippen molar-refractivity contribution in [3.8, 4) is 44.5 Å². The Hall–Kier alpha value is -12.0. The molecule has 16 heteroatoms. The molecule has 408 valence electrons. The largest absolute Gasteiger partial charge is 0.354 e. The van der Waals surface area contributed by atoms with Crippen LogP contribution in [0, 0.1) is 0 Å². The number of amides is 4. The maximum Gasteiger partial charge on any atom is 0.281 e. The molecule has 0 unspecified atom stereocenters. The Kier molecular flexibility index (Phi) is 10.7. The third kappa shape index (κ3) is 7.22. The Balaban J connectivity index is 0.806. The van der Waals surface area contributed by atoms with Crippen LogP contribution in [0.15, 0.2) is 195 Å². The van der Waals surface area contributed by atoms with Crippen LogP contribution in [0.5, 0.6) is 0 Å². The van der Waals surface area contributed by atoms with Gasteiger partial charge in [-0.1, -0.05) is 115 Å². The number of benzene rings is 7. The molecule has 4 aliphatic rings. The van der Waals surface area contributed by atoms with Crippen molar-refractivity contribution in [3.05, 3.63) is 268 Å². The number of H-pyrrole nitrogens is 2. The van der Waals surface area contributed by atoms with E-state index in [0.29, 0.717) is 20.9 Å². The molecule has 8 bridgehead atoms. The lowest BCUT2D eigenvalue weighted by molar-refractivity contribution is 0.0648. The molecular weight excluding hydrogens is 1080 g/mol. The van der Waals surface area contributed by atoms with Gasteiger partial charge in [0, 0.05) is 73.3 Å². The van der Waals surface area contributed by atoms with Crippen molar-refractivity contribution in [1.82, 2.24) is 34.1 Å². The molecule has 4 amide bonds. The molecule has 0 aliphatic carbocycles. The van der Waals surface area contributed by atoms with Gasteiger partial charge in [-0.05, 0) is 113 Å². The Labute approximate surface area is 484 Å². The maximum absolute atomic E-state index is 14.3.